The third kappa shape index (κ3) is 7.73. The fourth-order valence-corrected chi connectivity index (χ4v) is 7.58. The van der Waals surface area contributed by atoms with E-state index in [0.717, 1.165) is 54.7 Å². The van der Waals surface area contributed by atoms with Crippen LogP contribution in [0, 0.1) is 0 Å². The van der Waals surface area contributed by atoms with Crippen LogP contribution in [-0.4, -0.2) is 32.6 Å². The lowest BCUT2D eigenvalue weighted by Crippen LogP contribution is -2.21. The Morgan fingerprint density at radius 2 is 0.826 bits per heavy atom. The minimum Gasteiger partial charge on any atom is -0.497 e. The standard InChI is InChI=1S/C40H46O5S/c1-39(2,3)35-33(44-9)25-19-29(17-11-27-13-21-31(42-7)22-14-27)37(35)46(41)38-30(18-12-28-15-23-32(43-8)24-16-28)20-26-34(45-10)36(38)40(4,5)6/h11-26H,1-10H3. The molecule has 0 aromatic heterocycles. The van der Waals surface area contributed by atoms with Crippen LogP contribution in [0.15, 0.2) is 82.6 Å². The lowest BCUT2D eigenvalue weighted by molar-refractivity contribution is 0.393. The molecule has 0 amide bonds. The molecule has 0 aliphatic carbocycles. The Morgan fingerprint density at radius 1 is 0.478 bits per heavy atom. The number of rotatable bonds is 10. The second-order valence-corrected chi connectivity index (χ2v) is 14.5. The molecular formula is C40H46O5S. The molecule has 6 heteroatoms. The highest BCUT2D eigenvalue weighted by Crippen LogP contribution is 2.45. The van der Waals surface area contributed by atoms with Crippen molar-refractivity contribution in [2.75, 3.05) is 28.4 Å². The minimum atomic E-state index is -1.64. The first-order chi connectivity index (χ1) is 21.8. The van der Waals surface area contributed by atoms with E-state index < -0.39 is 10.8 Å². The smallest absolute Gasteiger partial charge is 0.123 e. The zero-order valence-electron chi connectivity index (χ0n) is 28.7. The van der Waals surface area contributed by atoms with Gasteiger partial charge in [0.1, 0.15) is 23.0 Å². The van der Waals surface area contributed by atoms with Gasteiger partial charge in [-0.25, -0.2) is 4.21 Å². The first kappa shape index (κ1) is 34.6. The van der Waals surface area contributed by atoms with Gasteiger partial charge >= 0.3 is 0 Å². The van der Waals surface area contributed by atoms with Crippen molar-refractivity contribution >= 4 is 35.1 Å². The van der Waals surface area contributed by atoms with Crippen molar-refractivity contribution in [3.8, 4) is 23.0 Å². The first-order valence-electron chi connectivity index (χ1n) is 15.3. The number of hydrogen-bond acceptors (Lipinski definition) is 5. The van der Waals surface area contributed by atoms with Crippen LogP contribution < -0.4 is 18.9 Å². The maximum absolute atomic E-state index is 15.4. The third-order valence-electron chi connectivity index (χ3n) is 7.75. The predicted molar refractivity (Wildman–Crippen MR) is 192 cm³/mol. The molecule has 0 saturated carbocycles. The molecule has 0 fully saturated rings. The molecule has 4 aromatic carbocycles. The summed E-state index contributed by atoms with van der Waals surface area (Å²) in [5.41, 5.74) is 4.77. The number of hydrogen-bond donors (Lipinski definition) is 0. The van der Waals surface area contributed by atoms with Gasteiger partial charge in [0.15, 0.2) is 0 Å². The molecule has 0 aliphatic heterocycles. The Morgan fingerprint density at radius 3 is 1.11 bits per heavy atom. The summed E-state index contributed by atoms with van der Waals surface area (Å²) in [6.45, 7) is 12.8. The quantitative estimate of drug-likeness (QED) is 0.162. The second-order valence-electron chi connectivity index (χ2n) is 13.1. The van der Waals surface area contributed by atoms with Gasteiger partial charge in [0.25, 0.3) is 0 Å². The van der Waals surface area contributed by atoms with Gasteiger partial charge in [-0.2, -0.15) is 0 Å². The molecule has 4 rings (SSSR count). The van der Waals surface area contributed by atoms with Crippen molar-refractivity contribution in [2.24, 2.45) is 0 Å². The van der Waals surface area contributed by atoms with Crippen LogP contribution in [0.25, 0.3) is 24.3 Å². The van der Waals surface area contributed by atoms with Crippen molar-refractivity contribution in [3.05, 3.63) is 106 Å². The SMILES string of the molecule is COc1ccc(C=Cc2ccc(OC)c(C(C)(C)C)c2S(=O)c2c(C=Cc3ccc(OC)cc3)ccc(OC)c2C(C)(C)C)cc1. The number of methoxy groups -OCH3 is 4. The lowest BCUT2D eigenvalue weighted by atomic mass is 9.84. The van der Waals surface area contributed by atoms with Crippen molar-refractivity contribution in [3.63, 3.8) is 0 Å². The van der Waals surface area contributed by atoms with Gasteiger partial charge in [-0.3, -0.25) is 0 Å². The van der Waals surface area contributed by atoms with E-state index in [-0.39, 0.29) is 10.8 Å². The lowest BCUT2D eigenvalue weighted by Gasteiger charge is -2.30. The molecular weight excluding hydrogens is 593 g/mol. The summed E-state index contributed by atoms with van der Waals surface area (Å²) in [5.74, 6) is 2.99. The maximum atomic E-state index is 15.4. The molecule has 0 radical (unpaired) electrons. The van der Waals surface area contributed by atoms with Crippen LogP contribution in [0.3, 0.4) is 0 Å². The summed E-state index contributed by atoms with van der Waals surface area (Å²) in [6.07, 6.45) is 8.14. The van der Waals surface area contributed by atoms with Crippen molar-refractivity contribution < 1.29 is 23.2 Å². The average molecular weight is 639 g/mol. The summed E-state index contributed by atoms with van der Waals surface area (Å²) in [6, 6.07) is 23.7. The van der Waals surface area contributed by atoms with Crippen LogP contribution in [0.4, 0.5) is 0 Å². The molecule has 242 valence electrons. The molecule has 0 N–H and O–H groups in total. The van der Waals surface area contributed by atoms with E-state index in [9.17, 15) is 0 Å². The minimum absolute atomic E-state index is 0.375. The summed E-state index contributed by atoms with van der Waals surface area (Å²) in [4.78, 5) is 1.43. The Labute approximate surface area is 277 Å². The average Bonchev–Trinajstić information content (AvgIpc) is 3.04. The molecule has 0 unspecified atom stereocenters. The van der Waals surface area contributed by atoms with Gasteiger partial charge in [0.05, 0.1) is 49.0 Å². The number of benzene rings is 4. The largest absolute Gasteiger partial charge is 0.497 e. The highest BCUT2D eigenvalue weighted by molar-refractivity contribution is 7.85. The summed E-state index contributed by atoms with van der Waals surface area (Å²) in [7, 11) is 5.00. The van der Waals surface area contributed by atoms with Crippen molar-refractivity contribution in [2.45, 2.75) is 62.2 Å². The maximum Gasteiger partial charge on any atom is 0.123 e. The normalized spacial score (nSPS) is 12.8. The van der Waals surface area contributed by atoms with Crippen molar-refractivity contribution in [1.29, 1.82) is 0 Å². The van der Waals surface area contributed by atoms with Crippen LogP contribution in [0.1, 0.15) is 74.9 Å². The Balaban J connectivity index is 2.01. The van der Waals surface area contributed by atoms with E-state index in [1.165, 1.54) is 0 Å². The summed E-state index contributed by atoms with van der Waals surface area (Å²) in [5, 5.41) is 0. The topological polar surface area (TPSA) is 54.0 Å². The molecule has 0 aliphatic rings. The van der Waals surface area contributed by atoms with Crippen LogP contribution in [0.2, 0.25) is 0 Å². The van der Waals surface area contributed by atoms with E-state index in [1.54, 1.807) is 28.4 Å². The van der Waals surface area contributed by atoms with Gasteiger partial charge < -0.3 is 18.9 Å². The van der Waals surface area contributed by atoms with Gasteiger partial charge in [0, 0.05) is 11.1 Å². The zero-order valence-corrected chi connectivity index (χ0v) is 29.5. The third-order valence-corrected chi connectivity index (χ3v) is 9.37. The molecule has 0 bridgehead atoms. The fraction of sp³-hybridized carbons (Fsp3) is 0.300. The van der Waals surface area contributed by atoms with E-state index in [1.807, 2.05) is 97.1 Å². The van der Waals surface area contributed by atoms with E-state index >= 15 is 4.21 Å². The van der Waals surface area contributed by atoms with Crippen LogP contribution >= 0.6 is 0 Å². The Hall–Kier alpha value is -4.29. The molecule has 0 spiro atoms. The van der Waals surface area contributed by atoms with Gasteiger partial charge in [-0.15, -0.1) is 0 Å². The summed E-state index contributed by atoms with van der Waals surface area (Å²) < 4.78 is 38.0. The van der Waals surface area contributed by atoms with Gasteiger partial charge in [0.2, 0.25) is 0 Å². The molecule has 46 heavy (non-hydrogen) atoms. The zero-order chi connectivity index (χ0) is 33.6. The molecule has 4 aromatic rings. The van der Waals surface area contributed by atoms with Crippen molar-refractivity contribution in [1.82, 2.24) is 0 Å². The monoisotopic (exact) mass is 638 g/mol. The highest BCUT2D eigenvalue weighted by Gasteiger charge is 2.33. The molecule has 0 heterocycles. The van der Waals surface area contributed by atoms with Crippen LogP contribution in [0.5, 0.6) is 23.0 Å². The summed E-state index contributed by atoms with van der Waals surface area (Å²) >= 11 is 0. The van der Waals surface area contributed by atoms with Gasteiger partial charge in [-0.05, 0) is 69.5 Å². The first-order valence-corrected chi connectivity index (χ1v) is 16.5. The van der Waals surface area contributed by atoms with Gasteiger partial charge in [-0.1, -0.05) is 102 Å². The number of ether oxygens (including phenoxy) is 4. The second kappa shape index (κ2) is 14.4. The molecule has 0 atom stereocenters. The van der Waals surface area contributed by atoms with E-state index in [2.05, 4.69) is 41.5 Å². The molecule has 5 nitrogen and oxygen atoms in total. The highest BCUT2D eigenvalue weighted by atomic mass is 32.2. The Bertz CT molecular complexity index is 1610. The predicted octanol–water partition coefficient (Wildman–Crippen LogP) is 9.82. The fourth-order valence-electron chi connectivity index (χ4n) is 5.49. The van der Waals surface area contributed by atoms with Crippen LogP contribution in [-0.2, 0) is 21.6 Å². The Kier molecular flexibility index (Phi) is 10.8. The van der Waals surface area contributed by atoms with E-state index in [4.69, 9.17) is 18.9 Å². The molecule has 0 saturated heterocycles. The van der Waals surface area contributed by atoms with E-state index in [0.29, 0.717) is 11.5 Å².